The van der Waals surface area contributed by atoms with Crippen molar-refractivity contribution in [3.63, 3.8) is 0 Å². The Labute approximate surface area is 88.3 Å². The lowest BCUT2D eigenvalue weighted by Gasteiger charge is -1.97. The van der Waals surface area contributed by atoms with Gasteiger partial charge < -0.3 is 5.84 Å². The lowest BCUT2D eigenvalue weighted by atomic mass is 10.3. The van der Waals surface area contributed by atoms with Crippen LogP contribution in [0.4, 0.5) is 0 Å². The molecule has 2 aromatic heterocycles. The third-order valence-corrected chi connectivity index (χ3v) is 3.02. The largest absolute Gasteiger partial charge is 0.335 e. The van der Waals surface area contributed by atoms with Gasteiger partial charge in [0.25, 0.3) is 0 Å². The average molecular weight is 217 g/mol. The smallest absolute Gasteiger partial charge is 0.204 e. The van der Waals surface area contributed by atoms with Gasteiger partial charge in [-0.1, -0.05) is 23.5 Å². The zero-order chi connectivity index (χ0) is 10.4. The molecule has 0 aliphatic rings. The van der Waals surface area contributed by atoms with Crippen LogP contribution in [0.2, 0.25) is 0 Å². The molecule has 0 aliphatic heterocycles. The summed E-state index contributed by atoms with van der Waals surface area (Å²) < 4.78 is 1.25. The fraction of sp³-hybridized carbons (Fsp3) is 0. The van der Waals surface area contributed by atoms with Gasteiger partial charge in [-0.15, -0.1) is 0 Å². The Kier molecular flexibility index (Phi) is 1.54. The molecule has 6 heteroatoms. The molecular formula is C9H7N5S. The Morgan fingerprint density at radius 1 is 1.20 bits per heavy atom. The number of nitrogens with one attached hydrogen (secondary N) is 1. The van der Waals surface area contributed by atoms with Crippen LogP contribution in [-0.2, 0) is 0 Å². The summed E-state index contributed by atoms with van der Waals surface area (Å²) in [5.41, 5.74) is 2.18. The number of nitrogens with two attached hydrogens (primary N) is 1. The van der Waals surface area contributed by atoms with Crippen molar-refractivity contribution in [1.82, 2.24) is 14.6 Å². The molecule has 0 spiro atoms. The van der Waals surface area contributed by atoms with E-state index in [2.05, 4.69) is 9.97 Å². The van der Waals surface area contributed by atoms with Gasteiger partial charge in [0.15, 0.2) is 10.5 Å². The first kappa shape index (κ1) is 8.37. The summed E-state index contributed by atoms with van der Waals surface area (Å²) in [6, 6.07) is 7.58. The maximum Gasteiger partial charge on any atom is 0.204 e. The van der Waals surface area contributed by atoms with Crippen LogP contribution < -0.4 is 10.6 Å². The zero-order valence-corrected chi connectivity index (χ0v) is 8.45. The molecule has 0 unspecified atom stereocenters. The van der Waals surface area contributed by atoms with Crippen molar-refractivity contribution < 1.29 is 0 Å². The van der Waals surface area contributed by atoms with Crippen molar-refractivity contribution in [3.8, 4) is 0 Å². The quantitative estimate of drug-likeness (QED) is 0.547. The van der Waals surface area contributed by atoms with E-state index in [0.29, 0.717) is 10.5 Å². The van der Waals surface area contributed by atoms with Gasteiger partial charge >= 0.3 is 0 Å². The van der Waals surface area contributed by atoms with Gasteiger partial charge in [-0.3, -0.25) is 5.41 Å². The standard InChI is InChI=1S/C9H7N5S/c10-9-14(11)7-8(15-9)13-6-4-2-1-3-5(6)12-7/h1-4,10H,11H2. The summed E-state index contributed by atoms with van der Waals surface area (Å²) in [5, 5.41) is 7.56. The van der Waals surface area contributed by atoms with Gasteiger partial charge in [-0.25, -0.2) is 14.6 Å². The third kappa shape index (κ3) is 1.11. The number of rotatable bonds is 0. The summed E-state index contributed by atoms with van der Waals surface area (Å²) in [5.74, 6) is 5.67. The fourth-order valence-electron chi connectivity index (χ4n) is 1.44. The number of benzene rings is 1. The monoisotopic (exact) mass is 217 g/mol. The number of nitrogen functional groups attached to an aromatic ring is 1. The minimum Gasteiger partial charge on any atom is -0.335 e. The Balaban J connectivity index is 2.58. The number of hydrogen-bond acceptors (Lipinski definition) is 5. The zero-order valence-electron chi connectivity index (χ0n) is 7.64. The molecule has 74 valence electrons. The van der Waals surface area contributed by atoms with Gasteiger partial charge in [0, 0.05) is 0 Å². The molecule has 3 aromatic rings. The first-order valence-electron chi connectivity index (χ1n) is 4.34. The maximum atomic E-state index is 7.56. The predicted molar refractivity (Wildman–Crippen MR) is 58.9 cm³/mol. The fourth-order valence-corrected chi connectivity index (χ4v) is 2.18. The Morgan fingerprint density at radius 2 is 1.87 bits per heavy atom. The highest BCUT2D eigenvalue weighted by Crippen LogP contribution is 2.16. The van der Waals surface area contributed by atoms with Crippen molar-refractivity contribution >= 4 is 32.8 Å². The molecule has 5 nitrogen and oxygen atoms in total. The molecule has 0 bridgehead atoms. The maximum absolute atomic E-state index is 7.56. The number of fused-ring (bicyclic) bond motifs is 2. The van der Waals surface area contributed by atoms with E-state index in [0.717, 1.165) is 11.0 Å². The van der Waals surface area contributed by atoms with Gasteiger partial charge in [-0.05, 0) is 12.1 Å². The van der Waals surface area contributed by atoms with Crippen LogP contribution in [0.15, 0.2) is 24.3 Å². The molecular weight excluding hydrogens is 210 g/mol. The van der Waals surface area contributed by atoms with Crippen molar-refractivity contribution in [1.29, 1.82) is 5.41 Å². The molecule has 0 saturated heterocycles. The van der Waals surface area contributed by atoms with Gasteiger partial charge in [0.1, 0.15) is 0 Å². The summed E-state index contributed by atoms with van der Waals surface area (Å²) in [7, 11) is 0. The van der Waals surface area contributed by atoms with Gasteiger partial charge in [0.2, 0.25) is 4.80 Å². The van der Waals surface area contributed by atoms with Crippen molar-refractivity contribution in [2.45, 2.75) is 0 Å². The molecule has 3 N–H and O–H groups in total. The number of hydrogen-bond donors (Lipinski definition) is 2. The molecule has 1 aromatic carbocycles. The molecule has 0 amide bonds. The van der Waals surface area contributed by atoms with E-state index in [9.17, 15) is 0 Å². The second-order valence-electron chi connectivity index (χ2n) is 3.12. The number of para-hydroxylation sites is 2. The lowest BCUT2D eigenvalue weighted by Crippen LogP contribution is -2.21. The van der Waals surface area contributed by atoms with Crippen LogP contribution in [0, 0.1) is 5.41 Å². The summed E-state index contributed by atoms with van der Waals surface area (Å²) in [4.78, 5) is 9.70. The Morgan fingerprint density at radius 3 is 2.60 bits per heavy atom. The van der Waals surface area contributed by atoms with E-state index < -0.39 is 0 Å². The molecule has 0 atom stereocenters. The highest BCUT2D eigenvalue weighted by molar-refractivity contribution is 7.15. The van der Waals surface area contributed by atoms with E-state index in [1.54, 1.807) is 0 Å². The van der Waals surface area contributed by atoms with E-state index in [1.165, 1.54) is 16.0 Å². The minimum absolute atomic E-state index is 0.250. The third-order valence-electron chi connectivity index (χ3n) is 2.16. The summed E-state index contributed by atoms with van der Waals surface area (Å²) in [6.45, 7) is 0. The van der Waals surface area contributed by atoms with Crippen molar-refractivity contribution in [2.75, 3.05) is 5.84 Å². The van der Waals surface area contributed by atoms with E-state index in [4.69, 9.17) is 11.3 Å². The molecule has 0 radical (unpaired) electrons. The van der Waals surface area contributed by atoms with Crippen LogP contribution in [0.3, 0.4) is 0 Å². The highest BCUT2D eigenvalue weighted by Gasteiger charge is 2.06. The molecule has 0 aliphatic carbocycles. The van der Waals surface area contributed by atoms with E-state index in [-0.39, 0.29) is 4.80 Å². The normalized spacial score (nSPS) is 11.2. The topological polar surface area (TPSA) is 80.6 Å². The molecule has 15 heavy (non-hydrogen) atoms. The molecule has 2 heterocycles. The first-order chi connectivity index (χ1) is 7.25. The van der Waals surface area contributed by atoms with Gasteiger partial charge in [-0.2, -0.15) is 0 Å². The van der Waals surface area contributed by atoms with E-state index in [1.807, 2.05) is 24.3 Å². The number of nitrogens with zero attached hydrogens (tertiary/aromatic N) is 3. The van der Waals surface area contributed by atoms with Crippen LogP contribution in [0.5, 0.6) is 0 Å². The van der Waals surface area contributed by atoms with E-state index >= 15 is 0 Å². The highest BCUT2D eigenvalue weighted by atomic mass is 32.1. The average Bonchev–Trinajstić information content (AvgIpc) is 2.52. The van der Waals surface area contributed by atoms with Crippen molar-refractivity contribution in [2.24, 2.45) is 0 Å². The summed E-state index contributed by atoms with van der Waals surface area (Å²) in [6.07, 6.45) is 0. The summed E-state index contributed by atoms with van der Waals surface area (Å²) >= 11 is 1.22. The molecule has 0 saturated carbocycles. The van der Waals surface area contributed by atoms with Crippen LogP contribution in [0.25, 0.3) is 21.5 Å². The number of aromatic nitrogens is 3. The second-order valence-corrected chi connectivity index (χ2v) is 4.10. The number of thiazole rings is 1. The lowest BCUT2D eigenvalue weighted by molar-refractivity contribution is 0.951. The van der Waals surface area contributed by atoms with Crippen LogP contribution in [0.1, 0.15) is 0 Å². The minimum atomic E-state index is 0.250. The first-order valence-corrected chi connectivity index (χ1v) is 5.15. The van der Waals surface area contributed by atoms with Crippen LogP contribution in [-0.4, -0.2) is 14.6 Å². The molecule has 3 rings (SSSR count). The Hall–Kier alpha value is -1.95. The molecule has 0 fully saturated rings. The van der Waals surface area contributed by atoms with Crippen LogP contribution >= 0.6 is 11.3 Å². The predicted octanol–water partition coefficient (Wildman–Crippen LogP) is 0.839. The SMILES string of the molecule is N=c1sc2nc3ccccc3nc2n1N. The second kappa shape index (κ2) is 2.77. The van der Waals surface area contributed by atoms with Crippen molar-refractivity contribution in [3.05, 3.63) is 29.1 Å². The van der Waals surface area contributed by atoms with Gasteiger partial charge in [0.05, 0.1) is 11.0 Å². The Bertz CT molecular complexity index is 711.